The van der Waals surface area contributed by atoms with Crippen molar-refractivity contribution in [2.24, 2.45) is 29.6 Å². The summed E-state index contributed by atoms with van der Waals surface area (Å²) in [4.78, 5) is -4.39. The molecule has 0 heterocycles. The molecule has 1 nitrogen and oxygen atoms in total. The Balaban J connectivity index is 1.88. The van der Waals surface area contributed by atoms with Crippen LogP contribution in [-0.2, 0) is 0 Å². The summed E-state index contributed by atoms with van der Waals surface area (Å²) in [5.74, 6) is 0.211. The molecule has 7 saturated carbocycles. The van der Waals surface area contributed by atoms with Gasteiger partial charge in [-0.3, -0.25) is 0 Å². The second-order valence-electron chi connectivity index (χ2n) is 7.23. The van der Waals surface area contributed by atoms with Gasteiger partial charge in [0, 0.05) is 5.92 Å². The number of hydrogen-bond acceptors (Lipinski definition) is 1. The number of aliphatic hydroxyl groups is 1. The lowest BCUT2D eigenvalue weighted by atomic mass is 9.54. The van der Waals surface area contributed by atoms with E-state index >= 15 is 0 Å². The van der Waals surface area contributed by atoms with Crippen LogP contribution < -0.4 is 0 Å². The van der Waals surface area contributed by atoms with Gasteiger partial charge in [-0.1, -0.05) is 23.2 Å². The van der Waals surface area contributed by atoms with Crippen molar-refractivity contribution in [2.75, 3.05) is 0 Å². The van der Waals surface area contributed by atoms with Crippen molar-refractivity contribution in [3.63, 3.8) is 0 Å². The first-order chi connectivity index (χ1) is 8.59. The molecule has 1 N–H and O–H groups in total. The van der Waals surface area contributed by atoms with Crippen LogP contribution in [0.25, 0.3) is 0 Å². The molecule has 0 aliphatic heterocycles. The average Bonchev–Trinajstić information content (AvgIpc) is 2.94. The van der Waals surface area contributed by atoms with Gasteiger partial charge in [-0.05, 0) is 30.1 Å². The molecule has 7 rings (SSSR count). The van der Waals surface area contributed by atoms with Crippen molar-refractivity contribution in [1.29, 1.82) is 0 Å². The average molecular weight is 381 g/mol. The van der Waals surface area contributed by atoms with Gasteiger partial charge in [-0.25, -0.2) is 0 Å². The van der Waals surface area contributed by atoms with E-state index in [1.807, 2.05) is 0 Å². The molecule has 0 spiro atoms. The second-order valence-corrected chi connectivity index (χ2v) is 10.9. The number of hydrogen-bond donors (Lipinski definition) is 1. The van der Waals surface area contributed by atoms with E-state index in [9.17, 15) is 5.11 Å². The maximum atomic E-state index is 11.2. The summed E-state index contributed by atoms with van der Waals surface area (Å²) < 4.78 is -1.41. The van der Waals surface area contributed by atoms with Crippen LogP contribution in [0.5, 0.6) is 0 Å². The zero-order valence-electron chi connectivity index (χ0n) is 9.31. The molecule has 0 saturated heterocycles. The molecule has 0 aromatic heterocycles. The third kappa shape index (κ3) is 0.552. The van der Waals surface area contributed by atoms with Gasteiger partial charge >= 0.3 is 0 Å². The molecule has 7 heteroatoms. The molecular weight excluding hydrogens is 373 g/mol. The quantitative estimate of drug-likeness (QED) is 0.639. The Labute approximate surface area is 139 Å². The first kappa shape index (κ1) is 12.2. The largest absolute Gasteiger partial charge is 0.387 e. The molecule has 7 fully saturated rings. The Kier molecular flexibility index (Phi) is 1.53. The molecule has 10 atom stereocenters. The smallest absolute Gasteiger partial charge is 0.160 e. The number of rotatable bonds is 0. The maximum absolute atomic E-state index is 11.2. The fraction of sp³-hybridized carbons (Fsp3) is 1.00. The lowest BCUT2D eigenvalue weighted by Gasteiger charge is -2.64. The van der Waals surface area contributed by atoms with E-state index in [2.05, 4.69) is 0 Å². The zero-order chi connectivity index (χ0) is 13.6. The fourth-order valence-corrected chi connectivity index (χ4v) is 12.2. The van der Waals surface area contributed by atoms with E-state index in [1.54, 1.807) is 0 Å². The van der Waals surface area contributed by atoms with Crippen molar-refractivity contribution >= 4 is 69.6 Å². The van der Waals surface area contributed by atoms with Crippen LogP contribution >= 0.6 is 69.6 Å². The first-order valence-corrected chi connectivity index (χ1v) is 8.72. The van der Waals surface area contributed by atoms with Crippen LogP contribution in [0, 0.1) is 29.6 Å². The third-order valence-corrected chi connectivity index (χ3v) is 12.9. The van der Waals surface area contributed by atoms with Gasteiger partial charge in [-0.15, -0.1) is 46.4 Å². The summed E-state index contributed by atoms with van der Waals surface area (Å²) in [6.07, 6.45) is 0.895. The third-order valence-electron chi connectivity index (χ3n) is 7.62. The summed E-state index contributed by atoms with van der Waals surface area (Å²) in [5, 5.41) is 11.2. The minimum atomic E-state index is -1.41. The molecule has 0 aromatic carbocycles. The van der Waals surface area contributed by atoms with E-state index in [4.69, 9.17) is 69.6 Å². The lowest BCUT2D eigenvalue weighted by Crippen LogP contribution is -2.82. The Bertz CT molecular complexity index is 609. The van der Waals surface area contributed by atoms with E-state index in [0.29, 0.717) is 0 Å². The maximum Gasteiger partial charge on any atom is 0.160 e. The topological polar surface area (TPSA) is 20.2 Å². The summed E-state index contributed by atoms with van der Waals surface area (Å²) in [5.41, 5.74) is -1.05. The zero-order valence-corrected chi connectivity index (χ0v) is 13.8. The minimum absolute atomic E-state index is 0.0280. The molecule has 104 valence electrons. The van der Waals surface area contributed by atoms with Gasteiger partial charge in [0.1, 0.15) is 14.6 Å². The monoisotopic (exact) mass is 378 g/mol. The van der Waals surface area contributed by atoms with E-state index in [0.717, 1.165) is 6.42 Å². The van der Waals surface area contributed by atoms with Crippen molar-refractivity contribution < 1.29 is 5.11 Å². The highest BCUT2D eigenvalue weighted by atomic mass is 35.5. The summed E-state index contributed by atoms with van der Waals surface area (Å²) in [6, 6.07) is 0. The Hall–Kier alpha value is 1.70. The molecule has 0 amide bonds. The molecule has 7 aliphatic rings. The lowest BCUT2D eigenvalue weighted by molar-refractivity contribution is -0.143. The molecule has 4 bridgehead atoms. The minimum Gasteiger partial charge on any atom is -0.387 e. The van der Waals surface area contributed by atoms with Crippen molar-refractivity contribution in [1.82, 2.24) is 0 Å². The second kappa shape index (κ2) is 2.39. The van der Waals surface area contributed by atoms with Crippen LogP contribution in [0.4, 0.5) is 0 Å². The summed E-state index contributed by atoms with van der Waals surface area (Å²) in [6.45, 7) is 0. The van der Waals surface area contributed by atoms with Gasteiger partial charge in [0.05, 0.1) is 10.5 Å². The predicted molar refractivity (Wildman–Crippen MR) is 75.8 cm³/mol. The number of alkyl halides is 6. The molecule has 19 heavy (non-hydrogen) atoms. The van der Waals surface area contributed by atoms with E-state index in [-0.39, 0.29) is 29.6 Å². The van der Waals surface area contributed by atoms with Crippen LogP contribution in [0.1, 0.15) is 6.42 Å². The normalized spacial score (nSPS) is 86.4. The Morgan fingerprint density at radius 1 is 0.842 bits per heavy atom. The Morgan fingerprint density at radius 3 is 2.11 bits per heavy atom. The highest BCUT2D eigenvalue weighted by Gasteiger charge is 3.15. The summed E-state index contributed by atoms with van der Waals surface area (Å²) >= 11 is 40.9. The van der Waals surface area contributed by atoms with Crippen LogP contribution in [0.2, 0.25) is 0 Å². The van der Waals surface area contributed by atoms with Crippen molar-refractivity contribution in [3.05, 3.63) is 0 Å². The van der Waals surface area contributed by atoms with Crippen molar-refractivity contribution in [3.8, 4) is 0 Å². The highest BCUT2D eigenvalue weighted by molar-refractivity contribution is 6.65. The Morgan fingerprint density at radius 2 is 1.47 bits per heavy atom. The van der Waals surface area contributed by atoms with Crippen LogP contribution in [0.15, 0.2) is 0 Å². The van der Waals surface area contributed by atoms with Gasteiger partial charge in [0.25, 0.3) is 0 Å². The van der Waals surface area contributed by atoms with Gasteiger partial charge in [-0.2, -0.15) is 0 Å². The van der Waals surface area contributed by atoms with Gasteiger partial charge < -0.3 is 5.11 Å². The molecule has 7 aliphatic carbocycles. The van der Waals surface area contributed by atoms with Gasteiger partial charge in [0.2, 0.25) is 0 Å². The van der Waals surface area contributed by atoms with E-state index < -0.39 is 29.4 Å². The van der Waals surface area contributed by atoms with Gasteiger partial charge in [0.15, 0.2) is 4.33 Å². The van der Waals surface area contributed by atoms with E-state index in [1.165, 1.54) is 0 Å². The fourth-order valence-electron chi connectivity index (χ4n) is 7.65. The molecular formula is C12H8Cl6O. The molecule has 0 radical (unpaired) electrons. The predicted octanol–water partition coefficient (Wildman–Crippen LogP) is 3.35. The first-order valence-electron chi connectivity index (χ1n) is 6.45. The van der Waals surface area contributed by atoms with Crippen molar-refractivity contribution in [2.45, 2.75) is 35.9 Å². The molecule has 0 aromatic rings. The standard InChI is InChI=1S/C12H8Cl6O/c13-8-4-2-1-3-5(4)9(14,12(8,17)18)11(16)7(3,19)6(2)10(8,11)15/h2-6,19H,1H2/t2-,3-,4-,5+,6-,7+,8+,9-,10+,11+/m1/s1. The number of halogens is 6. The van der Waals surface area contributed by atoms with Crippen LogP contribution in [-0.4, -0.2) is 34.5 Å². The summed E-state index contributed by atoms with van der Waals surface area (Å²) in [7, 11) is 0. The SMILES string of the molecule is O[C@@]12[C@@H]3C[C@@H]4[C@@H]5[C@H]3[C@]3(Cl)C(Cl)(Cl)[C@@]5(Cl)[C@@](Cl)([C@H]41)[C@]23Cl. The highest BCUT2D eigenvalue weighted by Crippen LogP contribution is 3.04. The van der Waals surface area contributed by atoms with Crippen LogP contribution in [0.3, 0.4) is 0 Å². The molecule has 0 unspecified atom stereocenters.